The van der Waals surface area contributed by atoms with Crippen LogP contribution in [0.3, 0.4) is 0 Å². The lowest BCUT2D eigenvalue weighted by molar-refractivity contribution is -0.143. The van der Waals surface area contributed by atoms with Crippen LogP contribution in [0, 0.1) is 5.82 Å². The summed E-state index contributed by atoms with van der Waals surface area (Å²) in [7, 11) is 0. The summed E-state index contributed by atoms with van der Waals surface area (Å²) in [6.07, 6.45) is 3.09. The number of carboxylic acid groups (broad SMARTS) is 1. The van der Waals surface area contributed by atoms with E-state index < -0.39 is 11.4 Å². The van der Waals surface area contributed by atoms with Crippen LogP contribution in [0.4, 0.5) is 4.39 Å². The number of halogens is 2. The normalized spacial score (nSPS) is 18.6. The molecule has 86 valence electrons. The number of aliphatic carboxylic acids is 1. The lowest BCUT2D eigenvalue weighted by Gasteiger charge is -2.25. The first-order valence-electron chi connectivity index (χ1n) is 5.25. The molecule has 16 heavy (non-hydrogen) atoms. The average molecular weight is 287 g/mol. The molecule has 0 amide bonds. The highest BCUT2D eigenvalue weighted by Gasteiger charge is 2.44. The largest absolute Gasteiger partial charge is 0.481 e. The van der Waals surface area contributed by atoms with Gasteiger partial charge in [-0.3, -0.25) is 4.79 Å². The number of benzene rings is 1. The van der Waals surface area contributed by atoms with Crippen molar-refractivity contribution >= 4 is 21.9 Å². The summed E-state index contributed by atoms with van der Waals surface area (Å²) in [5.74, 6) is -1.16. The molecule has 1 aromatic rings. The molecule has 0 bridgehead atoms. The highest BCUT2D eigenvalue weighted by Crippen LogP contribution is 2.44. The maximum Gasteiger partial charge on any atom is 0.314 e. The van der Waals surface area contributed by atoms with Gasteiger partial charge in [-0.25, -0.2) is 4.39 Å². The molecule has 0 spiro atoms. The van der Waals surface area contributed by atoms with E-state index in [0.717, 1.165) is 12.8 Å². The van der Waals surface area contributed by atoms with E-state index in [-0.39, 0.29) is 5.82 Å². The Morgan fingerprint density at radius 3 is 2.50 bits per heavy atom. The first-order chi connectivity index (χ1) is 7.56. The van der Waals surface area contributed by atoms with E-state index in [1.807, 2.05) is 0 Å². The van der Waals surface area contributed by atoms with E-state index in [2.05, 4.69) is 15.9 Å². The van der Waals surface area contributed by atoms with E-state index >= 15 is 0 Å². The fourth-order valence-electron chi connectivity index (χ4n) is 2.45. The van der Waals surface area contributed by atoms with Crippen molar-refractivity contribution < 1.29 is 14.3 Å². The summed E-state index contributed by atoms with van der Waals surface area (Å²) >= 11 is 3.26. The van der Waals surface area contributed by atoms with Gasteiger partial charge < -0.3 is 5.11 Å². The van der Waals surface area contributed by atoms with E-state index in [9.17, 15) is 14.3 Å². The summed E-state index contributed by atoms with van der Waals surface area (Å²) in [5, 5.41) is 9.40. The molecule has 2 rings (SSSR count). The smallest absolute Gasteiger partial charge is 0.314 e. The van der Waals surface area contributed by atoms with Crippen LogP contribution in [-0.4, -0.2) is 11.1 Å². The van der Waals surface area contributed by atoms with Crippen LogP contribution < -0.4 is 0 Å². The molecule has 1 aromatic carbocycles. The fraction of sp³-hybridized carbons (Fsp3) is 0.417. The number of rotatable bonds is 2. The van der Waals surface area contributed by atoms with Crippen molar-refractivity contribution in [2.45, 2.75) is 31.1 Å². The van der Waals surface area contributed by atoms with Crippen LogP contribution in [0.1, 0.15) is 31.2 Å². The Labute approximate surface area is 102 Å². The number of carbonyl (C=O) groups is 1. The molecule has 1 aliphatic carbocycles. The van der Waals surface area contributed by atoms with Crippen molar-refractivity contribution in [2.75, 3.05) is 0 Å². The van der Waals surface area contributed by atoms with Crippen molar-refractivity contribution in [2.24, 2.45) is 0 Å². The molecule has 0 unspecified atom stereocenters. The minimum atomic E-state index is -0.827. The molecule has 1 saturated carbocycles. The van der Waals surface area contributed by atoms with E-state index in [4.69, 9.17) is 0 Å². The van der Waals surface area contributed by atoms with Crippen molar-refractivity contribution in [3.05, 3.63) is 34.1 Å². The van der Waals surface area contributed by atoms with Gasteiger partial charge in [-0.05, 0) is 30.5 Å². The van der Waals surface area contributed by atoms with Gasteiger partial charge in [-0.15, -0.1) is 0 Å². The van der Waals surface area contributed by atoms with Gasteiger partial charge in [0.05, 0.1) is 5.41 Å². The lowest BCUT2D eigenvalue weighted by Crippen LogP contribution is -2.33. The van der Waals surface area contributed by atoms with E-state index in [0.29, 0.717) is 22.9 Å². The SMILES string of the molecule is O=C(O)C1(c2ccc(F)cc2Br)CCCC1. The van der Waals surface area contributed by atoms with Gasteiger partial charge in [0, 0.05) is 4.47 Å². The highest BCUT2D eigenvalue weighted by atomic mass is 79.9. The van der Waals surface area contributed by atoms with Gasteiger partial charge in [0.15, 0.2) is 0 Å². The zero-order chi connectivity index (χ0) is 11.8. The molecule has 0 aromatic heterocycles. The summed E-state index contributed by atoms with van der Waals surface area (Å²) in [6, 6.07) is 4.24. The fourth-order valence-corrected chi connectivity index (χ4v) is 3.18. The van der Waals surface area contributed by atoms with Crippen LogP contribution in [0.5, 0.6) is 0 Å². The van der Waals surface area contributed by atoms with Gasteiger partial charge in [0.25, 0.3) is 0 Å². The molecule has 2 nitrogen and oxygen atoms in total. The summed E-state index contributed by atoms with van der Waals surface area (Å²) in [6.45, 7) is 0. The molecule has 1 fully saturated rings. The molecule has 4 heteroatoms. The van der Waals surface area contributed by atoms with E-state index in [1.54, 1.807) is 6.07 Å². The number of carboxylic acids is 1. The maximum absolute atomic E-state index is 13.0. The maximum atomic E-state index is 13.0. The standard InChI is InChI=1S/C12H12BrFO2/c13-10-7-8(14)3-4-9(10)12(11(15)16)5-1-2-6-12/h3-4,7H,1-2,5-6H2,(H,15,16). The number of hydrogen-bond acceptors (Lipinski definition) is 1. The minimum Gasteiger partial charge on any atom is -0.481 e. The second-order valence-electron chi connectivity index (χ2n) is 4.22. The second kappa shape index (κ2) is 4.17. The lowest BCUT2D eigenvalue weighted by atomic mass is 9.79. The van der Waals surface area contributed by atoms with Crippen molar-refractivity contribution in [1.82, 2.24) is 0 Å². The predicted molar refractivity (Wildman–Crippen MR) is 61.9 cm³/mol. The topological polar surface area (TPSA) is 37.3 Å². The van der Waals surface area contributed by atoms with Gasteiger partial charge in [-0.1, -0.05) is 34.8 Å². The molecule has 0 aliphatic heterocycles. The first kappa shape index (κ1) is 11.6. The van der Waals surface area contributed by atoms with Crippen molar-refractivity contribution in [3.63, 3.8) is 0 Å². The molecule has 0 saturated heterocycles. The zero-order valence-electron chi connectivity index (χ0n) is 8.67. The van der Waals surface area contributed by atoms with E-state index in [1.165, 1.54) is 12.1 Å². The van der Waals surface area contributed by atoms with Crippen LogP contribution in [0.25, 0.3) is 0 Å². The Hall–Kier alpha value is -0.900. The van der Waals surface area contributed by atoms with Crippen LogP contribution in [-0.2, 0) is 10.2 Å². The van der Waals surface area contributed by atoms with Crippen LogP contribution >= 0.6 is 15.9 Å². The van der Waals surface area contributed by atoms with Crippen LogP contribution in [0.2, 0.25) is 0 Å². The second-order valence-corrected chi connectivity index (χ2v) is 5.07. The predicted octanol–water partition coefficient (Wildman–Crippen LogP) is 3.48. The molecular formula is C12H12BrFO2. The Morgan fingerprint density at radius 2 is 2.00 bits per heavy atom. The average Bonchev–Trinajstić information content (AvgIpc) is 2.67. The quantitative estimate of drug-likeness (QED) is 0.904. The van der Waals surface area contributed by atoms with Crippen molar-refractivity contribution in [3.8, 4) is 0 Å². The Bertz CT molecular complexity index is 425. The third-order valence-corrected chi connectivity index (χ3v) is 3.97. The molecule has 0 radical (unpaired) electrons. The molecular weight excluding hydrogens is 275 g/mol. The third-order valence-electron chi connectivity index (χ3n) is 3.31. The Morgan fingerprint density at radius 1 is 1.38 bits per heavy atom. The highest BCUT2D eigenvalue weighted by molar-refractivity contribution is 9.10. The summed E-state index contributed by atoms with van der Waals surface area (Å²) in [5.41, 5.74) is -0.133. The van der Waals surface area contributed by atoms with Gasteiger partial charge in [0.2, 0.25) is 0 Å². The molecule has 1 N–H and O–H groups in total. The zero-order valence-corrected chi connectivity index (χ0v) is 10.3. The van der Waals surface area contributed by atoms with Crippen LogP contribution in [0.15, 0.2) is 22.7 Å². The molecule has 0 heterocycles. The Kier molecular flexibility index (Phi) is 3.02. The number of hydrogen-bond donors (Lipinski definition) is 1. The first-order valence-corrected chi connectivity index (χ1v) is 6.04. The summed E-state index contributed by atoms with van der Waals surface area (Å²) in [4.78, 5) is 11.4. The van der Waals surface area contributed by atoms with Gasteiger partial charge in [0.1, 0.15) is 5.82 Å². The third kappa shape index (κ3) is 1.75. The Balaban J connectivity index is 2.51. The molecule has 1 aliphatic rings. The summed E-state index contributed by atoms with van der Waals surface area (Å²) < 4.78 is 13.5. The van der Waals surface area contributed by atoms with Crippen molar-refractivity contribution in [1.29, 1.82) is 0 Å². The monoisotopic (exact) mass is 286 g/mol. The molecule has 0 atom stereocenters. The minimum absolute atomic E-state index is 0.353. The van der Waals surface area contributed by atoms with Gasteiger partial charge in [-0.2, -0.15) is 0 Å². The van der Waals surface area contributed by atoms with Gasteiger partial charge >= 0.3 is 5.97 Å².